The van der Waals surface area contributed by atoms with E-state index in [2.05, 4.69) is 10.1 Å². The fourth-order valence-electron chi connectivity index (χ4n) is 3.37. The number of H-pyrrole nitrogens is 1. The number of aromatic hydroxyl groups is 2. The number of phenolic OH excluding ortho intramolecular Hbond substituents is 2. The minimum atomic E-state index is -4.28. The number of benzene rings is 2. The first-order valence-corrected chi connectivity index (χ1v) is 11.1. The first kappa shape index (κ1) is 22.2. The maximum absolute atomic E-state index is 14.3. The van der Waals surface area contributed by atoms with Crippen molar-refractivity contribution in [2.45, 2.75) is 11.4 Å². The third-order valence-corrected chi connectivity index (χ3v) is 6.89. The summed E-state index contributed by atoms with van der Waals surface area (Å²) in [5.74, 6) is -1.67. The number of sulfonamides is 1. The van der Waals surface area contributed by atoms with Gasteiger partial charge in [0.2, 0.25) is 10.0 Å². The van der Waals surface area contributed by atoms with Gasteiger partial charge in [-0.3, -0.25) is 4.79 Å². The van der Waals surface area contributed by atoms with E-state index in [4.69, 9.17) is 0 Å². The summed E-state index contributed by atoms with van der Waals surface area (Å²) in [5.41, 5.74) is 0.0766. The fraction of sp³-hybridized carbons (Fsp3) is 0.0909. The zero-order valence-corrected chi connectivity index (χ0v) is 18.1. The Morgan fingerprint density at radius 1 is 1.09 bits per heavy atom. The van der Waals surface area contributed by atoms with Crippen LogP contribution in [0.25, 0.3) is 16.9 Å². The van der Waals surface area contributed by atoms with E-state index in [1.54, 1.807) is 12.1 Å². The molecule has 0 radical (unpaired) electrons. The lowest BCUT2D eigenvalue weighted by Crippen LogP contribution is -2.29. The van der Waals surface area contributed by atoms with E-state index >= 15 is 0 Å². The molecular formula is C22H19FN4O5S. The monoisotopic (exact) mass is 470 g/mol. The molecule has 33 heavy (non-hydrogen) atoms. The fourth-order valence-corrected chi connectivity index (χ4v) is 4.60. The molecule has 2 aromatic heterocycles. The maximum atomic E-state index is 14.3. The van der Waals surface area contributed by atoms with Crippen LogP contribution in [-0.2, 0) is 16.6 Å². The van der Waals surface area contributed by atoms with Gasteiger partial charge in [0.25, 0.3) is 5.56 Å². The van der Waals surface area contributed by atoms with E-state index in [1.807, 2.05) is 0 Å². The Balaban J connectivity index is 1.79. The summed E-state index contributed by atoms with van der Waals surface area (Å²) in [6.07, 6.45) is 2.80. The van der Waals surface area contributed by atoms with Gasteiger partial charge in [-0.15, -0.1) is 0 Å². The van der Waals surface area contributed by atoms with Crippen molar-refractivity contribution in [1.29, 1.82) is 0 Å². The van der Waals surface area contributed by atoms with Crippen LogP contribution in [-0.4, -0.2) is 44.7 Å². The van der Waals surface area contributed by atoms with Crippen molar-refractivity contribution in [3.05, 3.63) is 88.7 Å². The second-order valence-corrected chi connectivity index (χ2v) is 9.22. The molecule has 0 aliphatic carbocycles. The molecule has 0 bridgehead atoms. The summed E-state index contributed by atoms with van der Waals surface area (Å²) in [5, 5.41) is 24.9. The van der Waals surface area contributed by atoms with Crippen LogP contribution in [0.4, 0.5) is 4.39 Å². The van der Waals surface area contributed by atoms with Crippen LogP contribution in [0, 0.1) is 5.82 Å². The highest BCUT2D eigenvalue weighted by atomic mass is 32.2. The average Bonchev–Trinajstić information content (AvgIpc) is 3.24. The second-order valence-electron chi connectivity index (χ2n) is 7.20. The Morgan fingerprint density at radius 2 is 1.85 bits per heavy atom. The van der Waals surface area contributed by atoms with E-state index in [9.17, 15) is 27.8 Å². The van der Waals surface area contributed by atoms with Crippen LogP contribution in [0.5, 0.6) is 11.5 Å². The second kappa shape index (κ2) is 8.52. The van der Waals surface area contributed by atoms with Crippen molar-refractivity contribution in [1.82, 2.24) is 19.1 Å². The van der Waals surface area contributed by atoms with Crippen molar-refractivity contribution in [3.63, 3.8) is 0 Å². The molecule has 0 saturated carbocycles. The van der Waals surface area contributed by atoms with Gasteiger partial charge in [0.05, 0.1) is 11.9 Å². The Labute approximate surface area is 188 Å². The number of nitrogens with one attached hydrogen (secondary N) is 1. The molecule has 0 atom stereocenters. The standard InChI is InChI=1S/C22H19FN4O5S/c1-26(13-14-5-4-9-24-22(14)30)33(31,32)21-11-15(19(28)12-20(21)29)17-8-10-25-27(17)18-7-3-2-6-16(18)23/h2-12,28-29H,13H2,1H3,(H,24,30). The molecular weight excluding hydrogens is 451 g/mol. The number of pyridine rings is 1. The Hall–Kier alpha value is -3.96. The number of para-hydroxylation sites is 1. The Bertz CT molecular complexity index is 1500. The molecule has 4 rings (SSSR count). The van der Waals surface area contributed by atoms with Crippen molar-refractivity contribution in [2.75, 3.05) is 7.05 Å². The number of aromatic amines is 1. The molecule has 0 fully saturated rings. The smallest absolute Gasteiger partial charge is 0.252 e. The van der Waals surface area contributed by atoms with E-state index in [0.717, 1.165) is 16.4 Å². The summed E-state index contributed by atoms with van der Waals surface area (Å²) in [6.45, 7) is -0.249. The number of hydrogen-bond acceptors (Lipinski definition) is 6. The lowest BCUT2D eigenvalue weighted by molar-refractivity contribution is 0.429. The van der Waals surface area contributed by atoms with Crippen molar-refractivity contribution in [2.24, 2.45) is 0 Å². The predicted molar refractivity (Wildman–Crippen MR) is 118 cm³/mol. The highest BCUT2D eigenvalue weighted by Crippen LogP contribution is 2.38. The number of hydrogen-bond donors (Lipinski definition) is 3. The maximum Gasteiger partial charge on any atom is 0.252 e. The van der Waals surface area contributed by atoms with Crippen molar-refractivity contribution in [3.8, 4) is 28.4 Å². The van der Waals surface area contributed by atoms with Crippen molar-refractivity contribution >= 4 is 10.0 Å². The first-order chi connectivity index (χ1) is 15.7. The number of halogens is 1. The van der Waals surface area contributed by atoms with E-state index in [-0.39, 0.29) is 29.1 Å². The van der Waals surface area contributed by atoms with E-state index in [1.165, 1.54) is 54.5 Å². The molecule has 4 aromatic rings. The SMILES string of the molecule is CN(Cc1ccc[nH]c1=O)S(=O)(=O)c1cc(-c2ccnn2-c2ccccc2F)c(O)cc1O. The molecule has 0 amide bonds. The van der Waals surface area contributed by atoms with Gasteiger partial charge < -0.3 is 15.2 Å². The summed E-state index contributed by atoms with van der Waals surface area (Å²) >= 11 is 0. The molecule has 2 heterocycles. The van der Waals surface area contributed by atoms with Gasteiger partial charge in [-0.2, -0.15) is 9.40 Å². The van der Waals surface area contributed by atoms with Gasteiger partial charge in [-0.25, -0.2) is 17.5 Å². The number of aromatic nitrogens is 3. The minimum absolute atomic E-state index is 0.0121. The van der Waals surface area contributed by atoms with E-state index < -0.39 is 37.8 Å². The van der Waals surface area contributed by atoms with Crippen LogP contribution >= 0.6 is 0 Å². The normalized spacial score (nSPS) is 11.7. The van der Waals surface area contributed by atoms with Gasteiger partial charge in [-0.05, 0) is 30.3 Å². The molecule has 0 aliphatic rings. The molecule has 170 valence electrons. The molecule has 0 unspecified atom stereocenters. The van der Waals surface area contributed by atoms with Crippen LogP contribution < -0.4 is 5.56 Å². The molecule has 9 nitrogen and oxygen atoms in total. The van der Waals surface area contributed by atoms with Gasteiger partial charge in [0, 0.05) is 37.0 Å². The average molecular weight is 470 g/mol. The zero-order valence-electron chi connectivity index (χ0n) is 17.3. The topological polar surface area (TPSA) is 129 Å². The zero-order chi connectivity index (χ0) is 23.8. The molecule has 2 aromatic carbocycles. The minimum Gasteiger partial charge on any atom is -0.507 e. The number of nitrogens with zero attached hydrogens (tertiary/aromatic N) is 3. The summed E-state index contributed by atoms with van der Waals surface area (Å²) < 4.78 is 42.9. The Morgan fingerprint density at radius 3 is 2.58 bits per heavy atom. The lowest BCUT2D eigenvalue weighted by Gasteiger charge is -2.19. The number of rotatable bonds is 6. The van der Waals surface area contributed by atoms with Gasteiger partial charge >= 0.3 is 0 Å². The quantitative estimate of drug-likeness (QED) is 0.397. The summed E-state index contributed by atoms with van der Waals surface area (Å²) in [4.78, 5) is 13.9. The number of phenols is 2. The predicted octanol–water partition coefficient (Wildman–Crippen LogP) is 2.60. The highest BCUT2D eigenvalue weighted by molar-refractivity contribution is 7.89. The Kier molecular flexibility index (Phi) is 5.75. The van der Waals surface area contributed by atoms with Crippen LogP contribution in [0.2, 0.25) is 0 Å². The third-order valence-electron chi connectivity index (χ3n) is 5.06. The highest BCUT2D eigenvalue weighted by Gasteiger charge is 2.28. The third kappa shape index (κ3) is 4.11. The molecule has 0 saturated heterocycles. The van der Waals surface area contributed by atoms with E-state index in [0.29, 0.717) is 0 Å². The molecule has 11 heteroatoms. The molecule has 0 spiro atoms. The summed E-state index contributed by atoms with van der Waals surface area (Å²) in [6, 6.07) is 12.3. The van der Waals surface area contributed by atoms with Gasteiger partial charge in [0.1, 0.15) is 27.9 Å². The first-order valence-electron chi connectivity index (χ1n) is 9.68. The molecule has 0 aliphatic heterocycles. The van der Waals surface area contributed by atoms with Crippen LogP contribution in [0.1, 0.15) is 5.56 Å². The summed E-state index contributed by atoms with van der Waals surface area (Å²) in [7, 11) is -3.02. The van der Waals surface area contributed by atoms with Gasteiger partial charge in [0.15, 0.2) is 0 Å². The van der Waals surface area contributed by atoms with Gasteiger partial charge in [-0.1, -0.05) is 18.2 Å². The lowest BCUT2D eigenvalue weighted by atomic mass is 10.1. The van der Waals surface area contributed by atoms with Crippen molar-refractivity contribution < 1.29 is 23.0 Å². The van der Waals surface area contributed by atoms with Crippen LogP contribution in [0.15, 0.2) is 76.7 Å². The largest absolute Gasteiger partial charge is 0.507 e. The molecule has 3 N–H and O–H groups in total. The van der Waals surface area contributed by atoms with Crippen LogP contribution in [0.3, 0.4) is 0 Å².